The molecule has 0 aliphatic carbocycles. The number of primary amides is 1. The van der Waals surface area contributed by atoms with Gasteiger partial charge in [0.1, 0.15) is 6.04 Å². The normalized spacial score (nSPS) is 12.4. The molecule has 2 N–H and O–H groups in total. The summed E-state index contributed by atoms with van der Waals surface area (Å²) in [7, 11) is 0. The molecule has 1 amide bonds. The Morgan fingerprint density at radius 1 is 1.35 bits per heavy atom. The number of nitrogens with zero attached hydrogens (tertiary/aromatic N) is 3. The van der Waals surface area contributed by atoms with Gasteiger partial charge in [-0.05, 0) is 25.7 Å². The van der Waals surface area contributed by atoms with Crippen molar-refractivity contribution in [3.63, 3.8) is 0 Å². The van der Waals surface area contributed by atoms with Crippen molar-refractivity contribution in [3.05, 3.63) is 11.4 Å². The Kier molecular flexibility index (Phi) is 5.66. The third-order valence-electron chi connectivity index (χ3n) is 2.87. The summed E-state index contributed by atoms with van der Waals surface area (Å²) < 4.78 is 6.42. The molecule has 1 rings (SSSR count). The summed E-state index contributed by atoms with van der Waals surface area (Å²) in [5.41, 5.74) is 6.15. The SMILES string of the molecule is CCOC(=O)c1nnn(C(CC)C(N)=O)c1CC(C)C. The van der Waals surface area contributed by atoms with Gasteiger partial charge in [0.2, 0.25) is 5.91 Å². The van der Waals surface area contributed by atoms with E-state index in [0.29, 0.717) is 18.5 Å². The first kappa shape index (κ1) is 16.1. The fourth-order valence-electron chi connectivity index (χ4n) is 1.99. The van der Waals surface area contributed by atoms with E-state index >= 15 is 0 Å². The van der Waals surface area contributed by atoms with Crippen molar-refractivity contribution in [3.8, 4) is 0 Å². The number of esters is 1. The second-order valence-corrected chi connectivity index (χ2v) is 4.97. The van der Waals surface area contributed by atoms with E-state index < -0.39 is 17.9 Å². The van der Waals surface area contributed by atoms with Gasteiger partial charge in [-0.25, -0.2) is 9.48 Å². The van der Waals surface area contributed by atoms with Crippen LogP contribution in [0.25, 0.3) is 0 Å². The topological polar surface area (TPSA) is 100 Å². The lowest BCUT2D eigenvalue weighted by molar-refractivity contribution is -0.121. The van der Waals surface area contributed by atoms with Crippen LogP contribution in [0.5, 0.6) is 0 Å². The van der Waals surface area contributed by atoms with Crippen LogP contribution >= 0.6 is 0 Å². The van der Waals surface area contributed by atoms with E-state index in [1.54, 1.807) is 6.92 Å². The molecule has 7 heteroatoms. The number of nitrogens with two attached hydrogens (primary N) is 1. The molecular weight excluding hydrogens is 260 g/mol. The lowest BCUT2D eigenvalue weighted by Crippen LogP contribution is -2.28. The van der Waals surface area contributed by atoms with E-state index in [1.807, 2.05) is 20.8 Å². The lowest BCUT2D eigenvalue weighted by Gasteiger charge is -2.15. The van der Waals surface area contributed by atoms with Crippen molar-refractivity contribution >= 4 is 11.9 Å². The van der Waals surface area contributed by atoms with Crippen LogP contribution in [0.2, 0.25) is 0 Å². The molecule has 0 fully saturated rings. The average Bonchev–Trinajstić information content (AvgIpc) is 2.73. The molecule has 1 heterocycles. The van der Waals surface area contributed by atoms with Crippen molar-refractivity contribution in [1.82, 2.24) is 15.0 Å². The third kappa shape index (κ3) is 3.55. The Morgan fingerprint density at radius 2 is 2.00 bits per heavy atom. The molecule has 1 aromatic rings. The van der Waals surface area contributed by atoms with Gasteiger partial charge < -0.3 is 10.5 Å². The number of ether oxygens (including phenoxy) is 1. The third-order valence-corrected chi connectivity index (χ3v) is 2.87. The minimum atomic E-state index is -0.598. The summed E-state index contributed by atoms with van der Waals surface area (Å²) in [6, 6.07) is -0.598. The molecule has 0 spiro atoms. The molecule has 0 radical (unpaired) electrons. The van der Waals surface area contributed by atoms with Crippen LogP contribution in [-0.4, -0.2) is 33.5 Å². The van der Waals surface area contributed by atoms with Gasteiger partial charge in [0.05, 0.1) is 12.3 Å². The second-order valence-electron chi connectivity index (χ2n) is 4.97. The number of amides is 1. The van der Waals surface area contributed by atoms with Gasteiger partial charge in [-0.15, -0.1) is 5.10 Å². The van der Waals surface area contributed by atoms with Gasteiger partial charge >= 0.3 is 5.97 Å². The number of carbonyl (C=O) groups is 2. The van der Waals surface area contributed by atoms with E-state index in [4.69, 9.17) is 10.5 Å². The molecule has 1 aromatic heterocycles. The monoisotopic (exact) mass is 282 g/mol. The zero-order valence-corrected chi connectivity index (χ0v) is 12.4. The Labute approximate surface area is 118 Å². The number of carbonyl (C=O) groups excluding carboxylic acids is 2. The summed E-state index contributed by atoms with van der Waals surface area (Å²) in [5.74, 6) is -0.725. The first-order valence-electron chi connectivity index (χ1n) is 6.82. The molecule has 0 saturated heterocycles. The predicted octanol–water partition coefficient (Wildman–Crippen LogP) is 1.09. The maximum atomic E-state index is 11.9. The number of hydrogen-bond acceptors (Lipinski definition) is 5. The van der Waals surface area contributed by atoms with E-state index in [0.717, 1.165) is 0 Å². The second kappa shape index (κ2) is 7.02. The molecular formula is C13H22N4O3. The van der Waals surface area contributed by atoms with E-state index in [2.05, 4.69) is 10.3 Å². The molecule has 0 bridgehead atoms. The van der Waals surface area contributed by atoms with Gasteiger partial charge in [0.25, 0.3) is 0 Å². The predicted molar refractivity (Wildman–Crippen MR) is 73.0 cm³/mol. The van der Waals surface area contributed by atoms with Crippen LogP contribution in [0.4, 0.5) is 0 Å². The van der Waals surface area contributed by atoms with Gasteiger partial charge in [0, 0.05) is 0 Å². The van der Waals surface area contributed by atoms with Crippen molar-refractivity contribution in [1.29, 1.82) is 0 Å². The van der Waals surface area contributed by atoms with Crippen LogP contribution in [0.3, 0.4) is 0 Å². The number of aromatic nitrogens is 3. The molecule has 7 nitrogen and oxygen atoms in total. The fourth-order valence-corrected chi connectivity index (χ4v) is 1.99. The van der Waals surface area contributed by atoms with Crippen molar-refractivity contribution in [2.75, 3.05) is 6.61 Å². The quantitative estimate of drug-likeness (QED) is 0.754. The Hall–Kier alpha value is -1.92. The van der Waals surface area contributed by atoms with Crippen LogP contribution < -0.4 is 5.73 Å². The van der Waals surface area contributed by atoms with E-state index in [-0.39, 0.29) is 18.2 Å². The summed E-state index contributed by atoms with van der Waals surface area (Å²) in [4.78, 5) is 23.4. The van der Waals surface area contributed by atoms with Gasteiger partial charge in [0.15, 0.2) is 5.69 Å². The zero-order chi connectivity index (χ0) is 15.3. The standard InChI is InChI=1S/C13H22N4O3/c1-5-9(12(14)18)17-10(7-8(3)4)11(15-16-17)13(19)20-6-2/h8-9H,5-7H2,1-4H3,(H2,14,18). The Balaban J connectivity index is 3.24. The first-order valence-corrected chi connectivity index (χ1v) is 6.82. The molecule has 0 aliphatic rings. The molecule has 20 heavy (non-hydrogen) atoms. The molecule has 0 aromatic carbocycles. The highest BCUT2D eigenvalue weighted by Gasteiger charge is 2.27. The van der Waals surface area contributed by atoms with Crippen LogP contribution in [0.15, 0.2) is 0 Å². The van der Waals surface area contributed by atoms with Crippen molar-refractivity contribution in [2.45, 2.75) is 46.6 Å². The van der Waals surface area contributed by atoms with Crippen molar-refractivity contribution in [2.24, 2.45) is 11.7 Å². The van der Waals surface area contributed by atoms with Gasteiger partial charge in [-0.3, -0.25) is 4.79 Å². The fraction of sp³-hybridized carbons (Fsp3) is 0.692. The highest BCUT2D eigenvalue weighted by atomic mass is 16.5. The molecule has 0 saturated carbocycles. The van der Waals surface area contributed by atoms with Crippen molar-refractivity contribution < 1.29 is 14.3 Å². The maximum absolute atomic E-state index is 11.9. The van der Waals surface area contributed by atoms with E-state index in [9.17, 15) is 9.59 Å². The number of hydrogen-bond donors (Lipinski definition) is 1. The number of rotatable bonds is 7. The molecule has 1 unspecified atom stereocenters. The lowest BCUT2D eigenvalue weighted by atomic mass is 10.1. The first-order chi connectivity index (χ1) is 9.42. The van der Waals surface area contributed by atoms with Crippen LogP contribution in [-0.2, 0) is 16.0 Å². The Morgan fingerprint density at radius 3 is 2.45 bits per heavy atom. The van der Waals surface area contributed by atoms with Crippen LogP contribution in [0, 0.1) is 5.92 Å². The molecule has 1 atom stereocenters. The van der Waals surface area contributed by atoms with Gasteiger partial charge in [-0.1, -0.05) is 26.0 Å². The maximum Gasteiger partial charge on any atom is 0.360 e. The minimum Gasteiger partial charge on any atom is -0.461 e. The van der Waals surface area contributed by atoms with E-state index in [1.165, 1.54) is 4.68 Å². The largest absolute Gasteiger partial charge is 0.461 e. The minimum absolute atomic E-state index is 0.167. The average molecular weight is 282 g/mol. The molecule has 0 aliphatic heterocycles. The smallest absolute Gasteiger partial charge is 0.360 e. The zero-order valence-electron chi connectivity index (χ0n) is 12.4. The highest BCUT2D eigenvalue weighted by molar-refractivity contribution is 5.88. The van der Waals surface area contributed by atoms with Crippen LogP contribution in [0.1, 0.15) is 56.3 Å². The highest BCUT2D eigenvalue weighted by Crippen LogP contribution is 2.19. The summed E-state index contributed by atoms with van der Waals surface area (Å²) in [6.45, 7) is 7.85. The summed E-state index contributed by atoms with van der Waals surface area (Å²) >= 11 is 0. The summed E-state index contributed by atoms with van der Waals surface area (Å²) in [5, 5.41) is 7.80. The molecule has 112 valence electrons. The Bertz CT molecular complexity index is 482. The van der Waals surface area contributed by atoms with Gasteiger partial charge in [-0.2, -0.15) is 0 Å². The summed E-state index contributed by atoms with van der Waals surface area (Å²) in [6.07, 6.45) is 1.07.